The Morgan fingerprint density at radius 3 is 2.92 bits per heavy atom. The Balaban J connectivity index is 1.97. The predicted molar refractivity (Wildman–Crippen MR) is 45.6 cm³/mol. The third-order valence-corrected chi connectivity index (χ3v) is 2.72. The molecule has 2 heteroatoms. The largest absolute Gasteiger partial charge is 0.472 e. The average Bonchev–Trinajstić information content (AvgIpc) is 2.55. The van der Waals surface area contributed by atoms with E-state index in [4.69, 9.17) is 4.42 Å². The number of rotatable bonds is 3. The van der Waals surface area contributed by atoms with Crippen LogP contribution in [0.3, 0.4) is 0 Å². The minimum absolute atomic E-state index is 0.337. The third-order valence-electron chi connectivity index (χ3n) is 2.72. The van der Waals surface area contributed by atoms with Crippen LogP contribution in [0.15, 0.2) is 23.0 Å². The smallest absolute Gasteiger partial charge is 0.0960 e. The summed E-state index contributed by atoms with van der Waals surface area (Å²) >= 11 is 0. The first kappa shape index (κ1) is 7.87. The van der Waals surface area contributed by atoms with Gasteiger partial charge in [-0.15, -0.1) is 0 Å². The second-order valence-corrected chi connectivity index (χ2v) is 4.09. The van der Waals surface area contributed by atoms with Crippen LogP contribution in [-0.4, -0.2) is 5.11 Å². The van der Waals surface area contributed by atoms with Crippen LogP contribution in [0.2, 0.25) is 0 Å². The van der Waals surface area contributed by atoms with Gasteiger partial charge in [0.05, 0.1) is 18.6 Å². The Labute approximate surface area is 72.2 Å². The topological polar surface area (TPSA) is 33.4 Å². The van der Waals surface area contributed by atoms with Gasteiger partial charge in [-0.25, -0.2) is 0 Å². The van der Waals surface area contributed by atoms with Gasteiger partial charge in [-0.2, -0.15) is 0 Å². The van der Waals surface area contributed by atoms with Crippen molar-refractivity contribution >= 4 is 0 Å². The maximum Gasteiger partial charge on any atom is 0.0960 e. The van der Waals surface area contributed by atoms with Crippen molar-refractivity contribution in [3.63, 3.8) is 0 Å². The van der Waals surface area contributed by atoms with Crippen LogP contribution in [0.1, 0.15) is 37.9 Å². The van der Waals surface area contributed by atoms with E-state index in [1.807, 2.05) is 6.07 Å². The van der Waals surface area contributed by atoms with E-state index < -0.39 is 0 Å². The molecule has 0 spiro atoms. The van der Waals surface area contributed by atoms with Crippen LogP contribution >= 0.6 is 0 Å². The second kappa shape index (κ2) is 2.63. The van der Waals surface area contributed by atoms with Gasteiger partial charge in [-0.05, 0) is 30.7 Å². The van der Waals surface area contributed by atoms with E-state index in [0.29, 0.717) is 5.41 Å². The van der Waals surface area contributed by atoms with Gasteiger partial charge in [0, 0.05) is 5.56 Å². The van der Waals surface area contributed by atoms with Crippen molar-refractivity contribution in [1.29, 1.82) is 0 Å². The molecule has 1 saturated carbocycles. The van der Waals surface area contributed by atoms with Crippen molar-refractivity contribution in [3.05, 3.63) is 24.2 Å². The standard InChI is InChI=1S/C10H14O2/c1-10(3-4-10)6-9(11)8-2-5-12-7-8/h2,5,7,9,11H,3-4,6H2,1H3. The molecule has 0 aliphatic heterocycles. The Morgan fingerprint density at radius 1 is 1.67 bits per heavy atom. The summed E-state index contributed by atoms with van der Waals surface area (Å²) in [6.07, 6.45) is 6.26. The van der Waals surface area contributed by atoms with Crippen LogP contribution in [0.4, 0.5) is 0 Å². The number of hydrogen-bond donors (Lipinski definition) is 1. The van der Waals surface area contributed by atoms with Gasteiger partial charge < -0.3 is 9.52 Å². The molecule has 66 valence electrons. The van der Waals surface area contributed by atoms with Crippen LogP contribution in [-0.2, 0) is 0 Å². The molecular formula is C10H14O2. The Bertz CT molecular complexity index is 247. The third kappa shape index (κ3) is 1.53. The number of furan rings is 1. The summed E-state index contributed by atoms with van der Waals surface area (Å²) in [5.74, 6) is 0. The average molecular weight is 166 g/mol. The van der Waals surface area contributed by atoms with Gasteiger partial charge in [0.25, 0.3) is 0 Å². The summed E-state index contributed by atoms with van der Waals surface area (Å²) in [5.41, 5.74) is 1.31. The molecule has 1 atom stereocenters. The van der Waals surface area contributed by atoms with Crippen LogP contribution in [0.25, 0.3) is 0 Å². The molecule has 2 nitrogen and oxygen atoms in total. The van der Waals surface area contributed by atoms with Crippen molar-refractivity contribution in [2.45, 2.75) is 32.3 Å². The lowest BCUT2D eigenvalue weighted by Crippen LogP contribution is -2.03. The number of aliphatic hydroxyl groups excluding tert-OH is 1. The molecule has 0 saturated heterocycles. The Kier molecular flexibility index (Phi) is 1.72. The van der Waals surface area contributed by atoms with E-state index in [0.717, 1.165) is 12.0 Å². The SMILES string of the molecule is CC1(CC(O)c2ccoc2)CC1. The van der Waals surface area contributed by atoms with Crippen molar-refractivity contribution in [2.75, 3.05) is 0 Å². The first-order valence-electron chi connectivity index (χ1n) is 4.40. The van der Waals surface area contributed by atoms with Gasteiger partial charge in [-0.3, -0.25) is 0 Å². The maximum absolute atomic E-state index is 9.73. The summed E-state index contributed by atoms with van der Waals surface area (Å²) in [4.78, 5) is 0. The van der Waals surface area contributed by atoms with E-state index in [1.54, 1.807) is 12.5 Å². The second-order valence-electron chi connectivity index (χ2n) is 4.09. The lowest BCUT2D eigenvalue weighted by Gasteiger charge is -2.12. The van der Waals surface area contributed by atoms with Gasteiger partial charge in [0.1, 0.15) is 0 Å². The molecule has 1 aromatic heterocycles. The monoisotopic (exact) mass is 166 g/mol. The van der Waals surface area contributed by atoms with E-state index in [9.17, 15) is 5.11 Å². The molecule has 1 aliphatic rings. The first-order valence-corrected chi connectivity index (χ1v) is 4.40. The number of aliphatic hydroxyl groups is 1. The van der Waals surface area contributed by atoms with E-state index in [-0.39, 0.29) is 6.10 Å². The highest BCUT2D eigenvalue weighted by molar-refractivity contribution is 5.10. The zero-order chi connectivity index (χ0) is 8.60. The highest BCUT2D eigenvalue weighted by Crippen LogP contribution is 2.51. The summed E-state index contributed by atoms with van der Waals surface area (Å²) in [6.45, 7) is 2.22. The Hall–Kier alpha value is -0.760. The van der Waals surface area contributed by atoms with Crippen molar-refractivity contribution in [3.8, 4) is 0 Å². The summed E-state index contributed by atoms with van der Waals surface area (Å²) < 4.78 is 4.91. The zero-order valence-electron chi connectivity index (χ0n) is 7.29. The molecule has 12 heavy (non-hydrogen) atoms. The fourth-order valence-electron chi connectivity index (χ4n) is 1.47. The molecule has 0 aromatic carbocycles. The molecule has 2 rings (SSSR count). The minimum Gasteiger partial charge on any atom is -0.472 e. The molecule has 0 bridgehead atoms. The predicted octanol–water partition coefficient (Wildman–Crippen LogP) is 2.50. The highest BCUT2D eigenvalue weighted by atomic mass is 16.3. The van der Waals surface area contributed by atoms with Crippen molar-refractivity contribution in [1.82, 2.24) is 0 Å². The lowest BCUT2D eigenvalue weighted by molar-refractivity contribution is 0.141. The van der Waals surface area contributed by atoms with Gasteiger partial charge >= 0.3 is 0 Å². The molecule has 1 fully saturated rings. The number of hydrogen-bond acceptors (Lipinski definition) is 2. The summed E-state index contributed by atoms with van der Waals surface area (Å²) in [6, 6.07) is 1.83. The fourth-order valence-corrected chi connectivity index (χ4v) is 1.47. The van der Waals surface area contributed by atoms with Gasteiger partial charge in [-0.1, -0.05) is 6.92 Å². The van der Waals surface area contributed by atoms with E-state index in [1.165, 1.54) is 12.8 Å². The van der Waals surface area contributed by atoms with Gasteiger partial charge in [0.15, 0.2) is 0 Å². The highest BCUT2D eigenvalue weighted by Gasteiger charge is 2.39. The van der Waals surface area contributed by atoms with Crippen LogP contribution in [0, 0.1) is 5.41 Å². The van der Waals surface area contributed by atoms with Gasteiger partial charge in [0.2, 0.25) is 0 Å². The van der Waals surface area contributed by atoms with Crippen LogP contribution in [0.5, 0.6) is 0 Å². The fraction of sp³-hybridized carbons (Fsp3) is 0.600. The van der Waals surface area contributed by atoms with E-state index in [2.05, 4.69) is 6.92 Å². The van der Waals surface area contributed by atoms with E-state index >= 15 is 0 Å². The molecule has 0 amide bonds. The molecule has 0 radical (unpaired) electrons. The lowest BCUT2D eigenvalue weighted by atomic mass is 9.98. The summed E-state index contributed by atoms with van der Waals surface area (Å²) in [7, 11) is 0. The maximum atomic E-state index is 9.73. The molecule has 1 N–H and O–H groups in total. The minimum atomic E-state index is -0.337. The van der Waals surface area contributed by atoms with Crippen molar-refractivity contribution in [2.24, 2.45) is 5.41 Å². The molecule has 1 heterocycles. The molecule has 1 aromatic rings. The molecule has 1 aliphatic carbocycles. The quantitative estimate of drug-likeness (QED) is 0.748. The van der Waals surface area contributed by atoms with Crippen LogP contribution < -0.4 is 0 Å². The first-order chi connectivity index (χ1) is 5.70. The zero-order valence-corrected chi connectivity index (χ0v) is 7.29. The molecule has 1 unspecified atom stereocenters. The molecular weight excluding hydrogens is 152 g/mol. The van der Waals surface area contributed by atoms with Crippen molar-refractivity contribution < 1.29 is 9.52 Å². The Morgan fingerprint density at radius 2 is 2.42 bits per heavy atom. The normalized spacial score (nSPS) is 22.2. The summed E-state index contributed by atoms with van der Waals surface area (Å²) in [5, 5.41) is 9.73.